The van der Waals surface area contributed by atoms with Crippen molar-refractivity contribution in [2.45, 2.75) is 5.82 Å². The lowest BCUT2D eigenvalue weighted by atomic mass is 9.90. The maximum absolute atomic E-state index is 5.36. The molecular weight excluding hydrogens is 70.9 g/mol. The predicted octanol–water partition coefficient (Wildman–Crippen LogP) is 1.07. The second-order valence-electron chi connectivity index (χ2n) is 1.35. The highest BCUT2D eigenvalue weighted by molar-refractivity contribution is 6.14. The van der Waals surface area contributed by atoms with Crippen LogP contribution in [-0.2, 0) is 0 Å². The molecular formula is C5H5B. The average Bonchev–Trinajstić information content (AvgIpc) is 1.86. The largest absolute Gasteiger partial charge is 0.0864 e. The van der Waals surface area contributed by atoms with Gasteiger partial charge in [-0.05, 0) is 5.82 Å². The van der Waals surface area contributed by atoms with Crippen LogP contribution in [0.25, 0.3) is 0 Å². The van der Waals surface area contributed by atoms with Gasteiger partial charge in [0.2, 0.25) is 0 Å². The molecule has 1 aliphatic rings. The van der Waals surface area contributed by atoms with Gasteiger partial charge in [-0.2, -0.15) is 0 Å². The first kappa shape index (κ1) is 3.73. The summed E-state index contributed by atoms with van der Waals surface area (Å²) in [6.45, 7) is 0. The molecule has 28 valence electrons. The summed E-state index contributed by atoms with van der Waals surface area (Å²) in [5.74, 6) is 0.185. The van der Waals surface area contributed by atoms with Crippen LogP contribution in [0, 0.1) is 0 Å². The topological polar surface area (TPSA) is 0 Å². The molecule has 0 nitrogen and oxygen atoms in total. The summed E-state index contributed by atoms with van der Waals surface area (Å²) in [6.07, 6.45) is 7.79. The SMILES string of the molecule is [B]C1C=CC=C1. The zero-order valence-corrected chi connectivity index (χ0v) is 3.46. The Morgan fingerprint density at radius 2 is 1.67 bits per heavy atom. The number of hydrogen-bond acceptors (Lipinski definition) is 0. The van der Waals surface area contributed by atoms with Gasteiger partial charge in [0.05, 0.1) is 7.85 Å². The number of hydrogen-bond donors (Lipinski definition) is 0. The molecule has 0 saturated heterocycles. The molecule has 1 rings (SSSR count). The normalized spacial score (nSPS) is 20.0. The fourth-order valence-electron chi connectivity index (χ4n) is 0.449. The fourth-order valence-corrected chi connectivity index (χ4v) is 0.449. The van der Waals surface area contributed by atoms with E-state index in [2.05, 4.69) is 0 Å². The van der Waals surface area contributed by atoms with Gasteiger partial charge in [0.15, 0.2) is 0 Å². The van der Waals surface area contributed by atoms with E-state index in [0.29, 0.717) is 0 Å². The van der Waals surface area contributed by atoms with E-state index >= 15 is 0 Å². The lowest BCUT2D eigenvalue weighted by Gasteiger charge is -1.84. The minimum absolute atomic E-state index is 0.185. The highest BCUT2D eigenvalue weighted by Crippen LogP contribution is 2.08. The molecule has 0 aromatic rings. The summed E-state index contributed by atoms with van der Waals surface area (Å²) >= 11 is 0. The van der Waals surface area contributed by atoms with E-state index in [4.69, 9.17) is 7.85 Å². The van der Waals surface area contributed by atoms with E-state index < -0.39 is 0 Å². The maximum atomic E-state index is 5.36. The Bertz CT molecular complexity index is 80.1. The van der Waals surface area contributed by atoms with Crippen molar-refractivity contribution in [2.75, 3.05) is 0 Å². The Morgan fingerprint density at radius 1 is 1.17 bits per heavy atom. The van der Waals surface area contributed by atoms with Crippen molar-refractivity contribution in [1.82, 2.24) is 0 Å². The Morgan fingerprint density at radius 3 is 1.83 bits per heavy atom. The summed E-state index contributed by atoms with van der Waals surface area (Å²) in [7, 11) is 5.36. The van der Waals surface area contributed by atoms with E-state index in [1.165, 1.54) is 0 Å². The first-order valence-electron chi connectivity index (χ1n) is 2.00. The smallest absolute Gasteiger partial charge is 0.0811 e. The highest BCUT2D eigenvalue weighted by atomic mass is 13.9. The first-order valence-corrected chi connectivity index (χ1v) is 2.00. The van der Waals surface area contributed by atoms with E-state index in [1.807, 2.05) is 24.3 Å². The molecule has 0 amide bonds. The Balaban J connectivity index is 2.60. The van der Waals surface area contributed by atoms with Crippen LogP contribution in [0.2, 0.25) is 5.82 Å². The molecule has 0 aromatic heterocycles. The summed E-state index contributed by atoms with van der Waals surface area (Å²) in [5.41, 5.74) is 0. The van der Waals surface area contributed by atoms with Gasteiger partial charge < -0.3 is 0 Å². The maximum Gasteiger partial charge on any atom is 0.0811 e. The van der Waals surface area contributed by atoms with Crippen LogP contribution in [0.4, 0.5) is 0 Å². The van der Waals surface area contributed by atoms with Gasteiger partial charge in [-0.25, -0.2) is 0 Å². The lowest BCUT2D eigenvalue weighted by molar-refractivity contribution is 1.42. The van der Waals surface area contributed by atoms with Crippen LogP contribution in [0.3, 0.4) is 0 Å². The minimum Gasteiger partial charge on any atom is -0.0864 e. The second kappa shape index (κ2) is 1.33. The monoisotopic (exact) mass is 76.0 g/mol. The molecule has 0 spiro atoms. The highest BCUT2D eigenvalue weighted by Gasteiger charge is 1.89. The van der Waals surface area contributed by atoms with Gasteiger partial charge in [-0.3, -0.25) is 0 Å². The van der Waals surface area contributed by atoms with Gasteiger partial charge in [-0.15, -0.1) is 0 Å². The Hall–Kier alpha value is -0.455. The van der Waals surface area contributed by atoms with Gasteiger partial charge in [0.1, 0.15) is 0 Å². The van der Waals surface area contributed by atoms with Gasteiger partial charge in [0.25, 0.3) is 0 Å². The van der Waals surface area contributed by atoms with Gasteiger partial charge in [0, 0.05) is 0 Å². The van der Waals surface area contributed by atoms with Crippen molar-refractivity contribution in [1.29, 1.82) is 0 Å². The summed E-state index contributed by atoms with van der Waals surface area (Å²) in [6, 6.07) is 0. The Labute approximate surface area is 39.0 Å². The molecule has 0 saturated carbocycles. The van der Waals surface area contributed by atoms with Crippen molar-refractivity contribution in [3.8, 4) is 0 Å². The molecule has 0 atom stereocenters. The van der Waals surface area contributed by atoms with Crippen molar-refractivity contribution in [3.05, 3.63) is 24.3 Å². The number of allylic oxidation sites excluding steroid dienone is 4. The molecule has 0 fully saturated rings. The van der Waals surface area contributed by atoms with Crippen LogP contribution in [0.5, 0.6) is 0 Å². The van der Waals surface area contributed by atoms with Crippen molar-refractivity contribution in [2.24, 2.45) is 0 Å². The predicted molar refractivity (Wildman–Crippen MR) is 27.8 cm³/mol. The van der Waals surface area contributed by atoms with Gasteiger partial charge in [-0.1, -0.05) is 24.3 Å². The van der Waals surface area contributed by atoms with Crippen LogP contribution < -0.4 is 0 Å². The van der Waals surface area contributed by atoms with Crippen LogP contribution in [0.15, 0.2) is 24.3 Å². The third-order valence-corrected chi connectivity index (χ3v) is 0.778. The molecule has 0 N–H and O–H groups in total. The van der Waals surface area contributed by atoms with Gasteiger partial charge >= 0.3 is 0 Å². The lowest BCUT2D eigenvalue weighted by Crippen LogP contribution is -1.71. The third-order valence-electron chi connectivity index (χ3n) is 0.778. The molecule has 0 aliphatic heterocycles. The molecule has 0 bridgehead atoms. The van der Waals surface area contributed by atoms with E-state index in [-0.39, 0.29) is 5.82 Å². The Kier molecular flexibility index (Phi) is 0.828. The van der Waals surface area contributed by atoms with Crippen molar-refractivity contribution in [3.63, 3.8) is 0 Å². The zero-order chi connectivity index (χ0) is 4.41. The summed E-state index contributed by atoms with van der Waals surface area (Å²) < 4.78 is 0. The van der Waals surface area contributed by atoms with Crippen molar-refractivity contribution < 1.29 is 0 Å². The molecule has 6 heavy (non-hydrogen) atoms. The standard InChI is InChI=1S/C5H5B/c6-5-3-1-2-4-5/h1-5H. The second-order valence-corrected chi connectivity index (χ2v) is 1.35. The summed E-state index contributed by atoms with van der Waals surface area (Å²) in [4.78, 5) is 0. The zero-order valence-electron chi connectivity index (χ0n) is 3.46. The average molecular weight is 75.9 g/mol. The fraction of sp³-hybridized carbons (Fsp3) is 0.200. The molecule has 1 heteroatoms. The quantitative estimate of drug-likeness (QED) is 0.378. The van der Waals surface area contributed by atoms with E-state index in [1.54, 1.807) is 0 Å². The third kappa shape index (κ3) is 0.536. The van der Waals surface area contributed by atoms with Crippen LogP contribution in [0.1, 0.15) is 0 Å². The first-order chi connectivity index (χ1) is 2.89. The molecule has 2 radical (unpaired) electrons. The molecule has 0 aromatic carbocycles. The van der Waals surface area contributed by atoms with Crippen molar-refractivity contribution >= 4 is 7.85 Å². The molecule has 0 heterocycles. The minimum atomic E-state index is 0.185. The van der Waals surface area contributed by atoms with Crippen LogP contribution in [-0.4, -0.2) is 7.85 Å². The van der Waals surface area contributed by atoms with E-state index in [9.17, 15) is 0 Å². The molecule has 1 aliphatic carbocycles. The number of rotatable bonds is 0. The molecule has 0 unspecified atom stereocenters. The van der Waals surface area contributed by atoms with Crippen LogP contribution >= 0.6 is 0 Å². The van der Waals surface area contributed by atoms with E-state index in [0.717, 1.165) is 0 Å². The summed E-state index contributed by atoms with van der Waals surface area (Å²) in [5, 5.41) is 0.